The van der Waals surface area contributed by atoms with Gasteiger partial charge in [-0.3, -0.25) is 4.79 Å². The Labute approximate surface area is 121 Å². The summed E-state index contributed by atoms with van der Waals surface area (Å²) in [6.07, 6.45) is 0.443. The lowest BCUT2D eigenvalue weighted by Crippen LogP contribution is -2.45. The lowest BCUT2D eigenvalue weighted by Gasteiger charge is -2.17. The number of amides is 1. The molecule has 1 aromatic carbocycles. The number of carboxylic acids is 1. The second-order valence-corrected chi connectivity index (χ2v) is 5.68. The van der Waals surface area contributed by atoms with Crippen LogP contribution in [-0.4, -0.2) is 23.0 Å². The van der Waals surface area contributed by atoms with Crippen molar-refractivity contribution in [1.29, 1.82) is 0 Å². The van der Waals surface area contributed by atoms with Gasteiger partial charge in [-0.25, -0.2) is 13.6 Å². The molecule has 1 aromatic rings. The summed E-state index contributed by atoms with van der Waals surface area (Å²) in [5.74, 6) is -3.84. The van der Waals surface area contributed by atoms with Crippen molar-refractivity contribution in [2.24, 2.45) is 11.8 Å². The summed E-state index contributed by atoms with van der Waals surface area (Å²) < 4.78 is 26.5. The van der Waals surface area contributed by atoms with Crippen LogP contribution in [-0.2, 0) is 9.59 Å². The number of aliphatic carboxylic acids is 1. The Balaban J connectivity index is 2.02. The van der Waals surface area contributed by atoms with E-state index in [0.29, 0.717) is 12.0 Å². The third-order valence-electron chi connectivity index (χ3n) is 3.72. The van der Waals surface area contributed by atoms with E-state index >= 15 is 0 Å². The summed E-state index contributed by atoms with van der Waals surface area (Å²) in [4.78, 5) is 23.1. The number of hydrogen-bond acceptors (Lipinski definition) is 2. The van der Waals surface area contributed by atoms with Gasteiger partial charge in [-0.2, -0.15) is 0 Å². The lowest BCUT2D eigenvalue weighted by molar-refractivity contribution is -0.143. The number of carbonyl (C=O) groups excluding carboxylic acids is 1. The maximum atomic E-state index is 13.6. The minimum atomic E-state index is -1.09. The van der Waals surface area contributed by atoms with E-state index in [1.807, 2.05) is 0 Å². The van der Waals surface area contributed by atoms with Gasteiger partial charge in [0.2, 0.25) is 5.91 Å². The zero-order valence-corrected chi connectivity index (χ0v) is 11.8. The van der Waals surface area contributed by atoms with E-state index in [2.05, 4.69) is 5.32 Å². The van der Waals surface area contributed by atoms with E-state index < -0.39 is 35.5 Å². The van der Waals surface area contributed by atoms with Crippen molar-refractivity contribution in [3.05, 3.63) is 35.4 Å². The molecule has 1 aliphatic carbocycles. The Kier molecular flexibility index (Phi) is 4.25. The highest BCUT2D eigenvalue weighted by Crippen LogP contribution is 2.48. The Hall–Kier alpha value is -1.98. The van der Waals surface area contributed by atoms with E-state index in [1.165, 1.54) is 6.07 Å². The molecule has 114 valence electrons. The number of nitrogens with one attached hydrogen (secondary N) is 1. The molecule has 3 atom stereocenters. The van der Waals surface area contributed by atoms with Gasteiger partial charge in [0.25, 0.3) is 0 Å². The molecule has 1 aliphatic rings. The summed E-state index contributed by atoms with van der Waals surface area (Å²) in [5, 5.41) is 11.5. The quantitative estimate of drug-likeness (QED) is 0.876. The zero-order chi connectivity index (χ0) is 15.7. The van der Waals surface area contributed by atoms with Crippen molar-refractivity contribution in [2.75, 3.05) is 0 Å². The van der Waals surface area contributed by atoms with Crippen molar-refractivity contribution in [3.63, 3.8) is 0 Å². The second kappa shape index (κ2) is 5.79. The molecule has 6 heteroatoms. The lowest BCUT2D eigenvalue weighted by atomic mass is 10.0. The van der Waals surface area contributed by atoms with Gasteiger partial charge in [-0.1, -0.05) is 19.9 Å². The molecule has 0 saturated heterocycles. The SMILES string of the molecule is CC(C)[C@H](NC(=O)C1CC1c1ccc(F)cc1F)C(=O)O. The van der Waals surface area contributed by atoms with E-state index in [4.69, 9.17) is 5.11 Å². The van der Waals surface area contributed by atoms with Crippen LogP contribution < -0.4 is 5.32 Å². The number of rotatable bonds is 5. The van der Waals surface area contributed by atoms with Crippen LogP contribution >= 0.6 is 0 Å². The van der Waals surface area contributed by atoms with Crippen LogP contribution in [0.3, 0.4) is 0 Å². The molecular weight excluding hydrogens is 280 g/mol. The van der Waals surface area contributed by atoms with Gasteiger partial charge in [-0.05, 0) is 29.9 Å². The van der Waals surface area contributed by atoms with E-state index in [-0.39, 0.29) is 11.8 Å². The number of benzene rings is 1. The molecule has 1 fully saturated rings. The number of hydrogen-bond donors (Lipinski definition) is 2. The predicted octanol–water partition coefficient (Wildman–Crippen LogP) is 2.29. The van der Waals surface area contributed by atoms with Crippen LogP contribution in [0.1, 0.15) is 31.7 Å². The standard InChI is InChI=1S/C15H17F2NO3/c1-7(2)13(15(20)21)18-14(19)11-6-10(11)9-4-3-8(16)5-12(9)17/h3-5,7,10-11,13H,6H2,1-2H3,(H,18,19)(H,20,21)/t10?,11?,13-/m0/s1. The maximum Gasteiger partial charge on any atom is 0.326 e. The Morgan fingerprint density at radius 2 is 2.00 bits per heavy atom. The van der Waals surface area contributed by atoms with Crippen molar-refractivity contribution < 1.29 is 23.5 Å². The molecule has 1 saturated carbocycles. The average Bonchev–Trinajstić information content (AvgIpc) is 3.15. The molecule has 0 spiro atoms. The summed E-state index contributed by atoms with van der Waals surface area (Å²) in [6.45, 7) is 3.40. The molecule has 0 aliphatic heterocycles. The first-order chi connectivity index (χ1) is 9.81. The van der Waals surface area contributed by atoms with Crippen molar-refractivity contribution in [1.82, 2.24) is 5.32 Å². The van der Waals surface area contributed by atoms with Gasteiger partial charge in [0.05, 0.1) is 0 Å². The zero-order valence-electron chi connectivity index (χ0n) is 11.8. The fraction of sp³-hybridized carbons (Fsp3) is 0.467. The van der Waals surface area contributed by atoms with Crippen LogP contribution in [0.5, 0.6) is 0 Å². The van der Waals surface area contributed by atoms with Gasteiger partial charge < -0.3 is 10.4 Å². The monoisotopic (exact) mass is 297 g/mol. The molecular formula is C15H17F2NO3. The highest BCUT2D eigenvalue weighted by molar-refractivity contribution is 5.87. The normalized spacial score (nSPS) is 22.0. The molecule has 4 nitrogen and oxygen atoms in total. The molecule has 0 heterocycles. The molecule has 0 bridgehead atoms. The first-order valence-electron chi connectivity index (χ1n) is 6.79. The fourth-order valence-electron chi connectivity index (χ4n) is 2.40. The highest BCUT2D eigenvalue weighted by Gasteiger charge is 2.46. The second-order valence-electron chi connectivity index (χ2n) is 5.68. The number of carbonyl (C=O) groups is 2. The van der Waals surface area contributed by atoms with Gasteiger partial charge in [0, 0.05) is 12.0 Å². The minimum Gasteiger partial charge on any atom is -0.480 e. The average molecular weight is 297 g/mol. The first kappa shape index (κ1) is 15.4. The molecule has 21 heavy (non-hydrogen) atoms. The van der Waals surface area contributed by atoms with Crippen LogP contribution in [0.4, 0.5) is 8.78 Å². The van der Waals surface area contributed by atoms with Gasteiger partial charge in [0.15, 0.2) is 0 Å². The maximum absolute atomic E-state index is 13.6. The molecule has 0 radical (unpaired) electrons. The number of carboxylic acid groups (broad SMARTS) is 1. The third kappa shape index (κ3) is 3.37. The largest absolute Gasteiger partial charge is 0.480 e. The van der Waals surface area contributed by atoms with Crippen LogP contribution in [0, 0.1) is 23.5 Å². The molecule has 2 unspecified atom stereocenters. The Morgan fingerprint density at radius 3 is 2.52 bits per heavy atom. The highest BCUT2D eigenvalue weighted by atomic mass is 19.1. The van der Waals surface area contributed by atoms with Crippen LogP contribution in [0.15, 0.2) is 18.2 Å². The van der Waals surface area contributed by atoms with Crippen LogP contribution in [0.25, 0.3) is 0 Å². The Bertz CT molecular complexity index is 574. The number of halogens is 2. The van der Waals surface area contributed by atoms with E-state index in [9.17, 15) is 18.4 Å². The summed E-state index contributed by atoms with van der Waals surface area (Å²) in [5.41, 5.74) is 0.299. The van der Waals surface area contributed by atoms with Gasteiger partial charge >= 0.3 is 5.97 Å². The summed E-state index contributed by atoms with van der Waals surface area (Å²) >= 11 is 0. The van der Waals surface area contributed by atoms with Crippen molar-refractivity contribution in [2.45, 2.75) is 32.2 Å². The molecule has 1 amide bonds. The van der Waals surface area contributed by atoms with Crippen molar-refractivity contribution in [3.8, 4) is 0 Å². The predicted molar refractivity (Wildman–Crippen MR) is 71.6 cm³/mol. The molecule has 0 aromatic heterocycles. The Morgan fingerprint density at radius 1 is 1.33 bits per heavy atom. The smallest absolute Gasteiger partial charge is 0.326 e. The molecule has 2 rings (SSSR count). The van der Waals surface area contributed by atoms with Gasteiger partial charge in [-0.15, -0.1) is 0 Å². The van der Waals surface area contributed by atoms with Gasteiger partial charge in [0.1, 0.15) is 17.7 Å². The fourth-order valence-corrected chi connectivity index (χ4v) is 2.40. The topological polar surface area (TPSA) is 66.4 Å². The molecule has 2 N–H and O–H groups in total. The minimum absolute atomic E-state index is 0.244. The van der Waals surface area contributed by atoms with E-state index in [0.717, 1.165) is 12.1 Å². The van der Waals surface area contributed by atoms with Crippen LogP contribution in [0.2, 0.25) is 0 Å². The first-order valence-corrected chi connectivity index (χ1v) is 6.79. The summed E-state index contributed by atoms with van der Waals surface area (Å²) in [6, 6.07) is 2.31. The third-order valence-corrected chi connectivity index (χ3v) is 3.72. The van der Waals surface area contributed by atoms with Crippen molar-refractivity contribution >= 4 is 11.9 Å². The van der Waals surface area contributed by atoms with E-state index in [1.54, 1.807) is 13.8 Å². The summed E-state index contributed by atoms with van der Waals surface area (Å²) in [7, 11) is 0.